The zero-order chi connectivity index (χ0) is 21.8. The fourth-order valence-electron chi connectivity index (χ4n) is 2.59. The molecular weight excluding hydrogens is 445 g/mol. The molecular formula is C21H15F3N4OS2. The zero-order valence-electron chi connectivity index (χ0n) is 15.8. The summed E-state index contributed by atoms with van der Waals surface area (Å²) in [7, 11) is 0. The lowest BCUT2D eigenvalue weighted by Crippen LogP contribution is -2.12. The van der Waals surface area contributed by atoms with Crippen LogP contribution in [0.1, 0.15) is 10.7 Å². The Morgan fingerprint density at radius 2 is 1.68 bits per heavy atom. The van der Waals surface area contributed by atoms with Crippen molar-refractivity contribution in [3.8, 4) is 22.1 Å². The van der Waals surface area contributed by atoms with Crippen molar-refractivity contribution in [2.75, 3.05) is 5.73 Å². The number of thiazole rings is 1. The van der Waals surface area contributed by atoms with Crippen molar-refractivity contribution in [3.05, 3.63) is 77.6 Å². The van der Waals surface area contributed by atoms with Gasteiger partial charge in [0, 0.05) is 28.5 Å². The van der Waals surface area contributed by atoms with Crippen LogP contribution < -0.4 is 10.5 Å². The van der Waals surface area contributed by atoms with E-state index in [2.05, 4.69) is 15.0 Å². The third kappa shape index (κ3) is 5.53. The van der Waals surface area contributed by atoms with Gasteiger partial charge in [0.1, 0.15) is 27.4 Å². The maximum absolute atomic E-state index is 12.8. The van der Waals surface area contributed by atoms with Gasteiger partial charge >= 0.3 is 6.18 Å². The number of aromatic nitrogens is 3. The van der Waals surface area contributed by atoms with E-state index in [0.29, 0.717) is 11.5 Å². The lowest BCUT2D eigenvalue weighted by molar-refractivity contribution is -0.145. The molecule has 0 aliphatic rings. The van der Waals surface area contributed by atoms with Crippen molar-refractivity contribution in [2.24, 2.45) is 0 Å². The molecule has 0 unspecified atom stereocenters. The summed E-state index contributed by atoms with van der Waals surface area (Å²) in [6, 6.07) is 18.3. The molecule has 0 aliphatic heterocycles. The minimum Gasteiger partial charge on any atom is -0.457 e. The zero-order valence-corrected chi connectivity index (χ0v) is 17.5. The predicted octanol–water partition coefficient (Wildman–Crippen LogP) is 6.29. The molecule has 158 valence electrons. The lowest BCUT2D eigenvalue weighted by Gasteiger charge is -2.07. The summed E-state index contributed by atoms with van der Waals surface area (Å²) < 4.78 is 44.3. The highest BCUT2D eigenvalue weighted by atomic mass is 32.2. The molecule has 0 saturated heterocycles. The molecule has 10 heteroatoms. The Hall–Kier alpha value is -3.11. The number of rotatable bonds is 6. The molecule has 0 radical (unpaired) electrons. The maximum atomic E-state index is 12.8. The van der Waals surface area contributed by atoms with E-state index >= 15 is 0 Å². The molecule has 2 N–H and O–H groups in total. The average Bonchev–Trinajstić information content (AvgIpc) is 3.22. The number of alkyl halides is 3. The summed E-state index contributed by atoms with van der Waals surface area (Å²) in [6.45, 7) is 0. The van der Waals surface area contributed by atoms with Gasteiger partial charge in [-0.2, -0.15) is 13.2 Å². The van der Waals surface area contributed by atoms with Gasteiger partial charge in [0.25, 0.3) is 0 Å². The van der Waals surface area contributed by atoms with Gasteiger partial charge in [-0.25, -0.2) is 15.0 Å². The van der Waals surface area contributed by atoms with Gasteiger partial charge in [-0.05, 0) is 36.4 Å². The summed E-state index contributed by atoms with van der Waals surface area (Å²) >= 11 is 2.61. The minimum absolute atomic E-state index is 0.164. The van der Waals surface area contributed by atoms with Crippen LogP contribution in [-0.4, -0.2) is 15.0 Å². The SMILES string of the molecule is Nc1cc(SCc2cnc(-c3ccc(Oc4ccccc4)cc3)s2)nc(C(F)(F)F)n1. The van der Waals surface area contributed by atoms with E-state index in [9.17, 15) is 13.2 Å². The summed E-state index contributed by atoms with van der Waals surface area (Å²) in [5.74, 6) is 0.429. The molecule has 5 nitrogen and oxygen atoms in total. The van der Waals surface area contributed by atoms with Gasteiger partial charge in [-0.1, -0.05) is 18.2 Å². The van der Waals surface area contributed by atoms with Gasteiger partial charge in [0.15, 0.2) is 0 Å². The van der Waals surface area contributed by atoms with Crippen molar-refractivity contribution in [2.45, 2.75) is 17.0 Å². The topological polar surface area (TPSA) is 73.9 Å². The van der Waals surface area contributed by atoms with Crippen LogP contribution in [0.25, 0.3) is 10.6 Å². The second-order valence-corrected chi connectivity index (χ2v) is 8.42. The van der Waals surface area contributed by atoms with E-state index in [-0.39, 0.29) is 10.8 Å². The lowest BCUT2D eigenvalue weighted by atomic mass is 10.2. The van der Waals surface area contributed by atoms with Gasteiger partial charge in [-0.3, -0.25) is 0 Å². The number of nitrogens with zero attached hydrogens (tertiary/aromatic N) is 3. The van der Waals surface area contributed by atoms with Crippen molar-refractivity contribution in [1.82, 2.24) is 15.0 Å². The number of hydrogen-bond donors (Lipinski definition) is 1. The Balaban J connectivity index is 1.41. The Labute approximate surface area is 184 Å². The third-order valence-corrected chi connectivity index (χ3v) is 6.16. The van der Waals surface area contributed by atoms with Crippen LogP contribution in [0.5, 0.6) is 11.5 Å². The number of thioether (sulfide) groups is 1. The monoisotopic (exact) mass is 460 g/mol. The highest BCUT2D eigenvalue weighted by molar-refractivity contribution is 7.98. The van der Waals surface area contributed by atoms with Crippen molar-refractivity contribution < 1.29 is 17.9 Å². The fourth-order valence-corrected chi connectivity index (χ4v) is 4.43. The predicted molar refractivity (Wildman–Crippen MR) is 115 cm³/mol. The Morgan fingerprint density at radius 1 is 0.968 bits per heavy atom. The summed E-state index contributed by atoms with van der Waals surface area (Å²) in [5, 5.41) is 0.970. The first-order valence-electron chi connectivity index (χ1n) is 8.99. The quantitative estimate of drug-likeness (QED) is 0.269. The molecule has 0 amide bonds. The van der Waals surface area contributed by atoms with Crippen molar-refractivity contribution >= 4 is 28.9 Å². The van der Waals surface area contributed by atoms with E-state index in [4.69, 9.17) is 10.5 Å². The van der Waals surface area contributed by atoms with E-state index in [1.165, 1.54) is 17.4 Å². The average molecular weight is 461 g/mol. The molecule has 2 aromatic heterocycles. The van der Waals surface area contributed by atoms with Crippen LogP contribution in [0.4, 0.5) is 19.0 Å². The second kappa shape index (κ2) is 8.94. The number of nitrogen functional groups attached to an aromatic ring is 1. The van der Waals surface area contributed by atoms with Crippen LogP contribution in [0.3, 0.4) is 0 Å². The molecule has 4 aromatic rings. The number of para-hydroxylation sites is 1. The summed E-state index contributed by atoms with van der Waals surface area (Å²) in [4.78, 5) is 12.1. The van der Waals surface area contributed by atoms with Crippen LogP contribution >= 0.6 is 23.1 Å². The number of halogens is 3. The number of anilines is 1. The van der Waals surface area contributed by atoms with Crippen LogP contribution in [0.15, 0.2) is 71.9 Å². The van der Waals surface area contributed by atoms with Crippen LogP contribution in [-0.2, 0) is 11.9 Å². The van der Waals surface area contributed by atoms with Gasteiger partial charge in [0.2, 0.25) is 5.82 Å². The molecule has 0 spiro atoms. The van der Waals surface area contributed by atoms with E-state index < -0.39 is 12.0 Å². The Kier molecular flexibility index (Phi) is 6.10. The standard InChI is InChI=1S/C21H15F3N4OS2/c22-21(23,24)20-27-17(25)10-18(28-20)30-12-16-11-26-19(31-16)13-6-8-15(9-7-13)29-14-4-2-1-3-5-14/h1-11H,12H2,(H2,25,27,28). The largest absolute Gasteiger partial charge is 0.457 e. The van der Waals surface area contributed by atoms with Gasteiger partial charge < -0.3 is 10.5 Å². The first kappa shape index (κ1) is 21.1. The molecule has 4 rings (SSSR count). The molecule has 0 atom stereocenters. The van der Waals surface area contributed by atoms with Crippen molar-refractivity contribution in [1.29, 1.82) is 0 Å². The van der Waals surface area contributed by atoms with E-state index in [1.54, 1.807) is 6.20 Å². The highest BCUT2D eigenvalue weighted by Gasteiger charge is 2.35. The fraction of sp³-hybridized carbons (Fsp3) is 0.0952. The third-order valence-electron chi connectivity index (χ3n) is 3.97. The van der Waals surface area contributed by atoms with Gasteiger partial charge in [-0.15, -0.1) is 23.1 Å². The number of ether oxygens (including phenoxy) is 1. The van der Waals surface area contributed by atoms with Crippen LogP contribution in [0.2, 0.25) is 0 Å². The summed E-state index contributed by atoms with van der Waals surface area (Å²) in [6.07, 6.45) is -2.94. The molecule has 0 aliphatic carbocycles. The summed E-state index contributed by atoms with van der Waals surface area (Å²) in [5.41, 5.74) is 6.40. The van der Waals surface area contributed by atoms with E-state index in [1.807, 2.05) is 54.6 Å². The van der Waals surface area contributed by atoms with Crippen LogP contribution in [0, 0.1) is 0 Å². The number of hydrogen-bond acceptors (Lipinski definition) is 7. The van der Waals surface area contributed by atoms with E-state index in [0.717, 1.165) is 33.0 Å². The highest BCUT2D eigenvalue weighted by Crippen LogP contribution is 2.33. The maximum Gasteiger partial charge on any atom is 0.451 e. The molecule has 31 heavy (non-hydrogen) atoms. The molecule has 2 heterocycles. The smallest absolute Gasteiger partial charge is 0.451 e. The minimum atomic E-state index is -4.64. The Bertz CT molecular complexity index is 1170. The molecule has 0 fully saturated rings. The number of benzene rings is 2. The number of nitrogens with two attached hydrogens (primary N) is 1. The second-order valence-electron chi connectivity index (χ2n) is 6.31. The van der Waals surface area contributed by atoms with Crippen molar-refractivity contribution in [3.63, 3.8) is 0 Å². The van der Waals surface area contributed by atoms with Gasteiger partial charge in [0.05, 0.1) is 0 Å². The molecule has 0 saturated carbocycles. The molecule has 2 aromatic carbocycles. The molecule has 0 bridgehead atoms. The first-order valence-corrected chi connectivity index (χ1v) is 10.8. The Morgan fingerprint density at radius 3 is 2.39 bits per heavy atom. The first-order chi connectivity index (χ1) is 14.9. The normalized spacial score (nSPS) is 11.5.